The summed E-state index contributed by atoms with van der Waals surface area (Å²) >= 11 is 12.3. The third kappa shape index (κ3) is 4.31. The predicted molar refractivity (Wildman–Crippen MR) is 102 cm³/mol. The number of fused-ring (bicyclic) bond motifs is 1. The van der Waals surface area contributed by atoms with Crippen molar-refractivity contribution in [1.29, 1.82) is 0 Å². The molecular formula is C19H13Cl2F3N2O2. The van der Waals surface area contributed by atoms with Crippen LogP contribution in [0.3, 0.4) is 0 Å². The molecule has 1 amide bonds. The van der Waals surface area contributed by atoms with Crippen LogP contribution >= 0.6 is 23.2 Å². The number of carbonyl (C=O) groups is 1. The number of hydrogen-bond acceptors (Lipinski definition) is 3. The number of aromatic nitrogens is 1. The van der Waals surface area contributed by atoms with Gasteiger partial charge in [0.25, 0.3) is 5.91 Å². The minimum Gasteiger partial charge on any atom is -0.480 e. The maximum Gasteiger partial charge on any atom is 0.418 e. The number of aryl methyl sites for hydroxylation is 1. The summed E-state index contributed by atoms with van der Waals surface area (Å²) in [7, 11) is 0. The fourth-order valence-corrected chi connectivity index (χ4v) is 3.16. The molecule has 0 aliphatic carbocycles. The van der Waals surface area contributed by atoms with E-state index in [2.05, 4.69) is 10.3 Å². The van der Waals surface area contributed by atoms with Gasteiger partial charge in [-0.1, -0.05) is 35.3 Å². The highest BCUT2D eigenvalue weighted by molar-refractivity contribution is 6.39. The van der Waals surface area contributed by atoms with Gasteiger partial charge in [-0.25, -0.2) is 4.98 Å². The molecular weight excluding hydrogens is 416 g/mol. The standard InChI is InChI=1S/C19H13Cl2F3N2O2/c1-10-6-7-11-13(20)8-14(21)18(17(11)25-10)28-9-16(27)26-15-5-3-2-4-12(15)19(22,23)24/h2-8H,9H2,1H3,(H,26,27). The number of alkyl halides is 3. The van der Waals surface area contributed by atoms with Crippen molar-refractivity contribution in [2.45, 2.75) is 13.1 Å². The summed E-state index contributed by atoms with van der Waals surface area (Å²) < 4.78 is 44.6. The molecule has 146 valence electrons. The fraction of sp³-hybridized carbons (Fsp3) is 0.158. The molecule has 1 N–H and O–H groups in total. The SMILES string of the molecule is Cc1ccc2c(Cl)cc(Cl)c(OCC(=O)Nc3ccccc3C(F)(F)F)c2n1. The van der Waals surface area contributed by atoms with Crippen molar-refractivity contribution in [2.24, 2.45) is 0 Å². The van der Waals surface area contributed by atoms with Crippen LogP contribution in [0.2, 0.25) is 10.0 Å². The number of rotatable bonds is 4. The fourth-order valence-electron chi connectivity index (χ4n) is 2.59. The number of nitrogens with zero attached hydrogens (tertiary/aromatic N) is 1. The van der Waals surface area contributed by atoms with Gasteiger partial charge in [-0.3, -0.25) is 4.79 Å². The first kappa shape index (κ1) is 20.2. The van der Waals surface area contributed by atoms with Crippen LogP contribution in [0.5, 0.6) is 5.75 Å². The average molecular weight is 429 g/mol. The quantitative estimate of drug-likeness (QED) is 0.563. The lowest BCUT2D eigenvalue weighted by molar-refractivity contribution is -0.137. The molecule has 0 spiro atoms. The molecule has 0 atom stereocenters. The third-order valence-electron chi connectivity index (χ3n) is 3.83. The van der Waals surface area contributed by atoms with E-state index in [1.807, 2.05) is 0 Å². The first-order valence-electron chi connectivity index (χ1n) is 8.01. The van der Waals surface area contributed by atoms with Crippen molar-refractivity contribution in [3.63, 3.8) is 0 Å². The van der Waals surface area contributed by atoms with E-state index in [1.54, 1.807) is 19.1 Å². The Hall–Kier alpha value is -2.51. The maximum atomic E-state index is 13.0. The van der Waals surface area contributed by atoms with Gasteiger partial charge in [0.15, 0.2) is 12.4 Å². The van der Waals surface area contributed by atoms with Gasteiger partial charge in [-0.2, -0.15) is 13.2 Å². The lowest BCUT2D eigenvalue weighted by Crippen LogP contribution is -2.22. The molecule has 2 aromatic carbocycles. The molecule has 0 aliphatic rings. The second kappa shape index (κ2) is 7.85. The second-order valence-corrected chi connectivity index (χ2v) is 6.71. The van der Waals surface area contributed by atoms with Crippen molar-refractivity contribution >= 4 is 45.7 Å². The highest BCUT2D eigenvalue weighted by Crippen LogP contribution is 2.37. The Balaban J connectivity index is 1.82. The predicted octanol–water partition coefficient (Wildman–Crippen LogP) is 5.89. The molecule has 4 nitrogen and oxygen atoms in total. The molecule has 0 fully saturated rings. The van der Waals surface area contributed by atoms with Gasteiger partial charge in [0.1, 0.15) is 5.52 Å². The molecule has 28 heavy (non-hydrogen) atoms. The zero-order valence-electron chi connectivity index (χ0n) is 14.4. The van der Waals surface area contributed by atoms with E-state index in [0.717, 1.165) is 12.1 Å². The van der Waals surface area contributed by atoms with E-state index >= 15 is 0 Å². The van der Waals surface area contributed by atoms with E-state index in [0.29, 0.717) is 21.6 Å². The Morgan fingerprint density at radius 3 is 2.57 bits per heavy atom. The first-order valence-corrected chi connectivity index (χ1v) is 8.76. The van der Waals surface area contributed by atoms with Crippen molar-refractivity contribution in [1.82, 2.24) is 4.98 Å². The number of hydrogen-bond donors (Lipinski definition) is 1. The summed E-state index contributed by atoms with van der Waals surface area (Å²) in [6, 6.07) is 9.62. The Bertz CT molecular complexity index is 1060. The number of carbonyl (C=O) groups excluding carboxylic acids is 1. The molecule has 3 aromatic rings. The molecule has 0 bridgehead atoms. The van der Waals surface area contributed by atoms with E-state index in [9.17, 15) is 18.0 Å². The van der Waals surface area contributed by atoms with Gasteiger partial charge >= 0.3 is 6.18 Å². The van der Waals surface area contributed by atoms with Crippen LogP contribution in [0.1, 0.15) is 11.3 Å². The largest absolute Gasteiger partial charge is 0.480 e. The normalized spacial score (nSPS) is 11.5. The van der Waals surface area contributed by atoms with Crippen LogP contribution in [-0.4, -0.2) is 17.5 Å². The number of pyridine rings is 1. The minimum atomic E-state index is -4.60. The molecule has 1 aromatic heterocycles. The Kier molecular flexibility index (Phi) is 5.67. The van der Waals surface area contributed by atoms with E-state index in [4.69, 9.17) is 27.9 Å². The topological polar surface area (TPSA) is 51.2 Å². The lowest BCUT2D eigenvalue weighted by atomic mass is 10.1. The van der Waals surface area contributed by atoms with Gasteiger partial charge in [0.05, 0.1) is 21.3 Å². The van der Waals surface area contributed by atoms with Gasteiger partial charge in [-0.15, -0.1) is 0 Å². The minimum absolute atomic E-state index is 0.129. The highest BCUT2D eigenvalue weighted by Gasteiger charge is 2.33. The Morgan fingerprint density at radius 2 is 1.86 bits per heavy atom. The van der Waals surface area contributed by atoms with Gasteiger partial charge in [0, 0.05) is 11.1 Å². The Morgan fingerprint density at radius 1 is 1.14 bits per heavy atom. The van der Waals surface area contributed by atoms with Crippen molar-refractivity contribution in [3.8, 4) is 5.75 Å². The number of anilines is 1. The summed E-state index contributed by atoms with van der Waals surface area (Å²) in [6.45, 7) is 1.21. The molecule has 0 aliphatic heterocycles. The number of para-hydroxylation sites is 1. The summed E-state index contributed by atoms with van der Waals surface area (Å²) in [6.07, 6.45) is -4.60. The summed E-state index contributed by atoms with van der Waals surface area (Å²) in [4.78, 5) is 16.5. The van der Waals surface area contributed by atoms with Crippen LogP contribution < -0.4 is 10.1 Å². The number of benzene rings is 2. The van der Waals surface area contributed by atoms with Gasteiger partial charge in [0.2, 0.25) is 0 Å². The summed E-state index contributed by atoms with van der Waals surface area (Å²) in [5.41, 5.74) is -0.263. The monoisotopic (exact) mass is 428 g/mol. The molecule has 0 unspecified atom stereocenters. The van der Waals surface area contributed by atoms with Gasteiger partial charge < -0.3 is 10.1 Å². The number of amides is 1. The molecule has 0 saturated carbocycles. The maximum absolute atomic E-state index is 13.0. The second-order valence-electron chi connectivity index (χ2n) is 5.90. The zero-order valence-corrected chi connectivity index (χ0v) is 15.9. The van der Waals surface area contributed by atoms with Crippen LogP contribution in [0.15, 0.2) is 42.5 Å². The zero-order chi connectivity index (χ0) is 20.5. The van der Waals surface area contributed by atoms with Crippen LogP contribution in [0.25, 0.3) is 10.9 Å². The lowest BCUT2D eigenvalue weighted by Gasteiger charge is -2.15. The summed E-state index contributed by atoms with van der Waals surface area (Å²) in [5.74, 6) is -0.646. The van der Waals surface area contributed by atoms with Crippen LogP contribution in [-0.2, 0) is 11.0 Å². The molecule has 0 radical (unpaired) electrons. The van der Waals surface area contributed by atoms with E-state index < -0.39 is 24.3 Å². The van der Waals surface area contributed by atoms with E-state index in [1.165, 1.54) is 18.2 Å². The highest BCUT2D eigenvalue weighted by atomic mass is 35.5. The first-order chi connectivity index (χ1) is 13.2. The smallest absolute Gasteiger partial charge is 0.418 e. The van der Waals surface area contributed by atoms with Crippen molar-refractivity contribution in [2.75, 3.05) is 11.9 Å². The molecule has 1 heterocycles. The van der Waals surface area contributed by atoms with Crippen LogP contribution in [0, 0.1) is 6.92 Å². The van der Waals surface area contributed by atoms with Crippen LogP contribution in [0.4, 0.5) is 18.9 Å². The molecule has 9 heteroatoms. The number of nitrogens with one attached hydrogen (secondary N) is 1. The third-order valence-corrected chi connectivity index (χ3v) is 4.42. The van der Waals surface area contributed by atoms with Crippen molar-refractivity contribution in [3.05, 3.63) is 63.8 Å². The molecule has 3 rings (SSSR count). The number of halogens is 5. The van der Waals surface area contributed by atoms with Gasteiger partial charge in [-0.05, 0) is 37.3 Å². The Labute approximate surface area is 168 Å². The average Bonchev–Trinajstić information content (AvgIpc) is 2.60. The molecule has 0 saturated heterocycles. The number of ether oxygens (including phenoxy) is 1. The van der Waals surface area contributed by atoms with Crippen molar-refractivity contribution < 1.29 is 22.7 Å². The summed E-state index contributed by atoms with van der Waals surface area (Å²) in [5, 5.41) is 3.28. The van der Waals surface area contributed by atoms with E-state index in [-0.39, 0.29) is 16.5 Å².